The quantitative estimate of drug-likeness (QED) is 0.591. The summed E-state index contributed by atoms with van der Waals surface area (Å²) in [5.41, 5.74) is 0.530. The molecule has 0 aliphatic heterocycles. The van der Waals surface area contributed by atoms with Crippen LogP contribution < -0.4 is 5.32 Å². The van der Waals surface area contributed by atoms with Gasteiger partial charge in [-0.3, -0.25) is 0 Å². The predicted octanol–water partition coefficient (Wildman–Crippen LogP) is 3.47. The van der Waals surface area contributed by atoms with E-state index in [-0.39, 0.29) is 0 Å². The zero-order valence-electron chi connectivity index (χ0n) is 12.2. The van der Waals surface area contributed by atoms with E-state index in [2.05, 4.69) is 26.1 Å². The Morgan fingerprint density at radius 1 is 1.35 bits per heavy atom. The SMILES string of the molecule is COCCNCC(C)(CCCC(C)C)C1CC1. The van der Waals surface area contributed by atoms with E-state index in [1.807, 2.05) is 0 Å². The molecule has 1 rings (SSSR count). The zero-order chi connectivity index (χ0) is 12.7. The highest BCUT2D eigenvalue weighted by Crippen LogP contribution is 2.48. The second-order valence-corrected chi connectivity index (χ2v) is 6.38. The summed E-state index contributed by atoms with van der Waals surface area (Å²) in [7, 11) is 1.77. The molecule has 0 amide bonds. The Bertz CT molecular complexity index is 201. The largest absolute Gasteiger partial charge is 0.383 e. The minimum Gasteiger partial charge on any atom is -0.383 e. The van der Waals surface area contributed by atoms with Gasteiger partial charge in [0.2, 0.25) is 0 Å². The van der Waals surface area contributed by atoms with Gasteiger partial charge < -0.3 is 10.1 Å². The predicted molar refractivity (Wildman–Crippen MR) is 74.3 cm³/mol. The summed E-state index contributed by atoms with van der Waals surface area (Å²) >= 11 is 0. The number of rotatable bonds is 10. The molecule has 0 radical (unpaired) electrons. The van der Waals surface area contributed by atoms with Gasteiger partial charge in [-0.2, -0.15) is 0 Å². The minimum atomic E-state index is 0.530. The minimum absolute atomic E-state index is 0.530. The van der Waals surface area contributed by atoms with Crippen molar-refractivity contribution in [2.75, 3.05) is 26.8 Å². The van der Waals surface area contributed by atoms with Crippen molar-refractivity contribution < 1.29 is 4.74 Å². The van der Waals surface area contributed by atoms with Crippen molar-refractivity contribution in [1.29, 1.82) is 0 Å². The van der Waals surface area contributed by atoms with Crippen LogP contribution in [0.4, 0.5) is 0 Å². The second-order valence-electron chi connectivity index (χ2n) is 6.38. The van der Waals surface area contributed by atoms with Crippen LogP contribution in [-0.2, 0) is 4.74 Å². The first-order chi connectivity index (χ1) is 8.08. The van der Waals surface area contributed by atoms with Crippen LogP contribution in [0.25, 0.3) is 0 Å². The van der Waals surface area contributed by atoms with Crippen LogP contribution in [0, 0.1) is 17.3 Å². The summed E-state index contributed by atoms with van der Waals surface area (Å²) < 4.78 is 5.08. The van der Waals surface area contributed by atoms with E-state index in [0.717, 1.165) is 25.0 Å². The highest BCUT2D eigenvalue weighted by Gasteiger charge is 2.40. The van der Waals surface area contributed by atoms with Crippen molar-refractivity contribution in [3.63, 3.8) is 0 Å². The summed E-state index contributed by atoms with van der Waals surface area (Å²) in [6.07, 6.45) is 7.04. The summed E-state index contributed by atoms with van der Waals surface area (Å²) in [6, 6.07) is 0. The summed E-state index contributed by atoms with van der Waals surface area (Å²) in [5, 5.41) is 3.56. The van der Waals surface area contributed by atoms with Crippen LogP contribution in [-0.4, -0.2) is 26.8 Å². The van der Waals surface area contributed by atoms with Crippen LogP contribution in [0.1, 0.15) is 52.9 Å². The summed E-state index contributed by atoms with van der Waals surface area (Å²) in [6.45, 7) is 10.1. The van der Waals surface area contributed by atoms with Gasteiger partial charge in [0.25, 0.3) is 0 Å². The molecule has 2 heteroatoms. The van der Waals surface area contributed by atoms with Gasteiger partial charge in [-0.05, 0) is 36.5 Å². The van der Waals surface area contributed by atoms with Gasteiger partial charge in [0.15, 0.2) is 0 Å². The Morgan fingerprint density at radius 2 is 2.06 bits per heavy atom. The molecule has 0 spiro atoms. The van der Waals surface area contributed by atoms with E-state index in [9.17, 15) is 0 Å². The average Bonchev–Trinajstić information content (AvgIpc) is 3.08. The van der Waals surface area contributed by atoms with E-state index in [1.54, 1.807) is 7.11 Å². The molecule has 1 N–H and O–H groups in total. The molecule has 1 aliphatic carbocycles. The van der Waals surface area contributed by atoms with E-state index in [4.69, 9.17) is 4.74 Å². The van der Waals surface area contributed by atoms with E-state index >= 15 is 0 Å². The summed E-state index contributed by atoms with van der Waals surface area (Å²) in [5.74, 6) is 1.82. The van der Waals surface area contributed by atoms with Gasteiger partial charge >= 0.3 is 0 Å². The number of ether oxygens (including phenoxy) is 1. The number of hydrogen-bond acceptors (Lipinski definition) is 2. The first-order valence-electron chi connectivity index (χ1n) is 7.28. The van der Waals surface area contributed by atoms with Crippen molar-refractivity contribution >= 4 is 0 Å². The van der Waals surface area contributed by atoms with Crippen molar-refractivity contribution in [2.45, 2.75) is 52.9 Å². The highest BCUT2D eigenvalue weighted by molar-refractivity contribution is 4.92. The first-order valence-corrected chi connectivity index (χ1v) is 7.28. The standard InChI is InChI=1S/C15H31NO/c1-13(2)6-5-9-15(3,14-7-8-14)12-16-10-11-17-4/h13-14,16H,5-12H2,1-4H3. The highest BCUT2D eigenvalue weighted by atomic mass is 16.5. The molecule has 0 aromatic heterocycles. The molecule has 2 nitrogen and oxygen atoms in total. The third-order valence-corrected chi connectivity index (χ3v) is 4.10. The molecule has 102 valence electrons. The second kappa shape index (κ2) is 7.38. The van der Waals surface area contributed by atoms with Crippen molar-refractivity contribution in [2.24, 2.45) is 17.3 Å². The van der Waals surface area contributed by atoms with E-state index in [0.29, 0.717) is 5.41 Å². The third-order valence-electron chi connectivity index (χ3n) is 4.10. The first kappa shape index (κ1) is 15.0. The topological polar surface area (TPSA) is 21.3 Å². The monoisotopic (exact) mass is 241 g/mol. The summed E-state index contributed by atoms with van der Waals surface area (Å²) in [4.78, 5) is 0. The van der Waals surface area contributed by atoms with Gasteiger partial charge in [0.1, 0.15) is 0 Å². The Labute approximate surface area is 108 Å². The van der Waals surface area contributed by atoms with Gasteiger partial charge in [0.05, 0.1) is 6.61 Å². The fourth-order valence-corrected chi connectivity index (χ4v) is 2.68. The zero-order valence-corrected chi connectivity index (χ0v) is 12.2. The lowest BCUT2D eigenvalue weighted by molar-refractivity contribution is 0.181. The molecule has 1 unspecified atom stereocenters. The molecular formula is C15H31NO. The average molecular weight is 241 g/mol. The molecule has 0 aromatic carbocycles. The van der Waals surface area contributed by atoms with Gasteiger partial charge in [0, 0.05) is 20.2 Å². The van der Waals surface area contributed by atoms with Crippen LogP contribution in [0.3, 0.4) is 0 Å². The maximum Gasteiger partial charge on any atom is 0.0587 e. The lowest BCUT2D eigenvalue weighted by Gasteiger charge is -2.30. The van der Waals surface area contributed by atoms with Crippen LogP contribution >= 0.6 is 0 Å². The van der Waals surface area contributed by atoms with Gasteiger partial charge in [-0.15, -0.1) is 0 Å². The number of nitrogens with one attached hydrogen (secondary N) is 1. The van der Waals surface area contributed by atoms with E-state index in [1.165, 1.54) is 38.6 Å². The molecule has 17 heavy (non-hydrogen) atoms. The molecule has 0 heterocycles. The Hall–Kier alpha value is -0.0800. The smallest absolute Gasteiger partial charge is 0.0587 e. The van der Waals surface area contributed by atoms with Gasteiger partial charge in [-0.1, -0.05) is 33.6 Å². The Morgan fingerprint density at radius 3 is 2.59 bits per heavy atom. The van der Waals surface area contributed by atoms with Crippen molar-refractivity contribution in [3.8, 4) is 0 Å². The molecule has 1 atom stereocenters. The Balaban J connectivity index is 2.24. The van der Waals surface area contributed by atoms with Crippen LogP contribution in [0.2, 0.25) is 0 Å². The molecule has 1 aliphatic rings. The number of methoxy groups -OCH3 is 1. The van der Waals surface area contributed by atoms with E-state index < -0.39 is 0 Å². The molecule has 0 bridgehead atoms. The normalized spacial score (nSPS) is 19.6. The van der Waals surface area contributed by atoms with Crippen LogP contribution in [0.15, 0.2) is 0 Å². The third kappa shape index (κ3) is 5.87. The molecular weight excluding hydrogens is 210 g/mol. The fourth-order valence-electron chi connectivity index (χ4n) is 2.68. The van der Waals surface area contributed by atoms with Crippen molar-refractivity contribution in [3.05, 3.63) is 0 Å². The van der Waals surface area contributed by atoms with Gasteiger partial charge in [-0.25, -0.2) is 0 Å². The fraction of sp³-hybridized carbons (Fsp3) is 1.00. The maximum atomic E-state index is 5.08. The Kier molecular flexibility index (Phi) is 6.50. The number of hydrogen-bond donors (Lipinski definition) is 1. The molecule has 1 saturated carbocycles. The molecule has 0 aromatic rings. The lowest BCUT2D eigenvalue weighted by Crippen LogP contribution is -2.35. The molecule has 1 fully saturated rings. The molecule has 0 saturated heterocycles. The maximum absolute atomic E-state index is 5.08. The lowest BCUT2D eigenvalue weighted by atomic mass is 9.79. The van der Waals surface area contributed by atoms with Crippen molar-refractivity contribution in [1.82, 2.24) is 5.32 Å². The van der Waals surface area contributed by atoms with Crippen LogP contribution in [0.5, 0.6) is 0 Å².